The zero-order chi connectivity index (χ0) is 61.6. The normalized spacial score (nSPS) is 51.5. The second kappa shape index (κ2) is 28.3. The number of carbonyl (C=O) groups excluding carboxylic acids is 2. The molecule has 26 aliphatic rings. The van der Waals surface area contributed by atoms with Crippen molar-refractivity contribution in [3.05, 3.63) is 0 Å². The molecule has 19 N–H and O–H groups in total. The minimum Gasteiger partial charge on any atom is -0.394 e. The Kier molecular flexibility index (Phi) is 22.0. The molecule has 494 valence electrons. The summed E-state index contributed by atoms with van der Waals surface area (Å²) in [5, 5.41) is 196. The molecule has 30 atom stereocenters. The molecular weight excluding hydrogens is 1160 g/mol. The van der Waals surface area contributed by atoms with Crippen LogP contribution in [0.5, 0.6) is 0 Å². The molecule has 0 aromatic carbocycles. The molecule has 22 heterocycles. The third kappa shape index (κ3) is 13.4. The molecule has 26 fully saturated rings. The minimum atomic E-state index is -2.19. The first kappa shape index (κ1) is 66.7. The van der Waals surface area contributed by atoms with E-state index in [1.807, 2.05) is 0 Å². The van der Waals surface area contributed by atoms with E-state index >= 15 is 0 Å². The van der Waals surface area contributed by atoms with Crippen molar-refractivity contribution in [1.82, 2.24) is 10.6 Å². The molecule has 33 nitrogen and oxygen atoms in total. The number of carbonyl (C=O) groups is 2. The number of aliphatic hydroxyl groups is 17. The monoisotopic (exact) mass is 1250 g/mol. The number of hydrogen-bond donors (Lipinski definition) is 19. The Morgan fingerprint density at radius 3 is 0.930 bits per heavy atom. The van der Waals surface area contributed by atoms with Gasteiger partial charge >= 0.3 is 0 Å². The van der Waals surface area contributed by atoms with Gasteiger partial charge in [-0.3, -0.25) is 9.59 Å². The average molecular weight is 1250 g/mol. The Bertz CT molecular complexity index is 2170. The largest absolute Gasteiger partial charge is 0.394 e. The first-order valence-electron chi connectivity index (χ1n) is 29.7. The molecule has 86 heavy (non-hydrogen) atoms. The van der Waals surface area contributed by atoms with E-state index in [4.69, 9.17) is 56.8 Å². The topological polar surface area (TPSA) is 513 Å². The quantitative estimate of drug-likeness (QED) is 0.0718. The van der Waals surface area contributed by atoms with Crippen LogP contribution in [0.1, 0.15) is 64.2 Å². The maximum absolute atomic E-state index is 13.9. The molecule has 0 radical (unpaired) electrons. The fraction of sp³-hybridized carbons (Fsp3) is 0.962. The molecule has 16 bridgehead atoms. The Balaban J connectivity index is 0.891. The summed E-state index contributed by atoms with van der Waals surface area (Å²) in [7, 11) is 0. The second-order valence-electron chi connectivity index (χ2n) is 24.7. The van der Waals surface area contributed by atoms with Crippen LogP contribution in [0.15, 0.2) is 0 Å². The summed E-state index contributed by atoms with van der Waals surface area (Å²) in [5.74, 6) is 1.11. The fourth-order valence-corrected chi connectivity index (χ4v) is 14.7. The van der Waals surface area contributed by atoms with Crippen LogP contribution < -0.4 is 10.6 Å². The summed E-state index contributed by atoms with van der Waals surface area (Å²) >= 11 is 0. The first-order chi connectivity index (χ1) is 41.2. The van der Waals surface area contributed by atoms with E-state index in [0.29, 0.717) is 37.1 Å². The third-order valence-corrected chi connectivity index (χ3v) is 18.9. The summed E-state index contributed by atoms with van der Waals surface area (Å²) < 4.78 is 70.1. The van der Waals surface area contributed by atoms with Crippen LogP contribution in [-0.4, -0.2) is 329 Å². The molecule has 0 aromatic heterocycles. The molecule has 33 heteroatoms. The van der Waals surface area contributed by atoms with Crippen LogP contribution in [-0.2, 0) is 66.4 Å². The van der Waals surface area contributed by atoms with Gasteiger partial charge in [-0.2, -0.15) is 0 Å². The van der Waals surface area contributed by atoms with Gasteiger partial charge in [-0.1, -0.05) is 6.42 Å². The van der Waals surface area contributed by atoms with Gasteiger partial charge in [0.05, 0.1) is 45.7 Å². The van der Waals surface area contributed by atoms with Gasteiger partial charge in [0, 0.05) is 18.4 Å². The highest BCUT2D eigenvalue weighted by Gasteiger charge is 2.60. The van der Waals surface area contributed by atoms with Crippen molar-refractivity contribution in [3.8, 4) is 0 Å². The third-order valence-electron chi connectivity index (χ3n) is 18.9. The van der Waals surface area contributed by atoms with Crippen LogP contribution in [0, 0.1) is 23.2 Å². The highest BCUT2D eigenvalue weighted by Crippen LogP contribution is 2.60. The summed E-state index contributed by atoms with van der Waals surface area (Å²) in [6, 6.07) is -1.72. The van der Waals surface area contributed by atoms with Crippen molar-refractivity contribution in [3.63, 3.8) is 0 Å². The highest BCUT2D eigenvalue weighted by atomic mass is 16.8. The lowest BCUT2D eigenvalue weighted by Gasteiger charge is -2.55. The van der Waals surface area contributed by atoms with Crippen molar-refractivity contribution in [2.45, 2.75) is 248 Å². The Hall–Kier alpha value is -2.22. The Morgan fingerprint density at radius 2 is 0.628 bits per heavy atom. The average Bonchev–Trinajstić information content (AvgIpc) is 1.34. The Labute approximate surface area is 492 Å². The van der Waals surface area contributed by atoms with Crippen LogP contribution in [0.2, 0.25) is 0 Å². The van der Waals surface area contributed by atoms with Gasteiger partial charge in [-0.05, 0) is 69.1 Å². The van der Waals surface area contributed by atoms with E-state index in [0.717, 1.165) is 19.3 Å². The lowest BCUT2D eigenvalue weighted by atomic mass is 9.49. The lowest BCUT2D eigenvalue weighted by molar-refractivity contribution is -0.401. The van der Waals surface area contributed by atoms with E-state index in [1.54, 1.807) is 0 Å². The van der Waals surface area contributed by atoms with E-state index in [1.165, 1.54) is 19.3 Å². The SMILES string of the molecule is O=C(CCCCCNC(=O)C12CC3CC(CC(C3)C1)C2)N[C@@H]1[C@@H](O)[C@H]2O[C@H]3[C@H](O)[C@@H](O)[C@@H](O[C@H]4[C@H](O)[C@@H](O)[C@@H](O[C@H]5[C@H](O)[C@@H](O)[C@@H](O[C@H]6[C@H](O)[C@@H](O)[C@@H](O[C@H]7[C@H](O)[C@@H](O)[C@@H](O[C@@H]1[C@@H](CO)O2)O[C@@H]7CO)O[C@@H]6CO)O[C@@H]5CO)O[C@@H]4CO)O[C@@H]3CO. The fourth-order valence-electron chi connectivity index (χ4n) is 14.7. The van der Waals surface area contributed by atoms with E-state index in [-0.39, 0.29) is 24.2 Å². The van der Waals surface area contributed by atoms with Gasteiger partial charge in [-0.25, -0.2) is 0 Å². The molecule has 2 amide bonds. The number of rotatable bonds is 14. The summed E-state index contributed by atoms with van der Waals surface area (Å²) in [4.78, 5) is 27.5. The van der Waals surface area contributed by atoms with Crippen molar-refractivity contribution < 1.29 is 153 Å². The molecule has 0 unspecified atom stereocenters. The summed E-state index contributed by atoms with van der Waals surface area (Å²) in [5.41, 5.74) is -0.335. The van der Waals surface area contributed by atoms with Crippen molar-refractivity contribution in [2.24, 2.45) is 23.2 Å². The molecule has 22 saturated heterocycles. The van der Waals surface area contributed by atoms with Gasteiger partial charge in [0.15, 0.2) is 37.7 Å². The van der Waals surface area contributed by atoms with Gasteiger partial charge in [-0.15, -0.1) is 0 Å². The number of aliphatic hydroxyl groups excluding tert-OH is 17. The number of ether oxygens (including phenoxy) is 12. The van der Waals surface area contributed by atoms with Gasteiger partial charge in [0.25, 0.3) is 0 Å². The highest BCUT2D eigenvalue weighted by molar-refractivity contribution is 5.83. The predicted octanol–water partition coefficient (Wildman–Crippen LogP) is -10.0. The Morgan fingerprint density at radius 1 is 0.349 bits per heavy atom. The zero-order valence-electron chi connectivity index (χ0n) is 46.9. The molecular formula is C53H86N2O31. The number of unbranched alkanes of at least 4 members (excludes halogenated alkanes) is 2. The minimum absolute atomic E-state index is 0.0683. The van der Waals surface area contributed by atoms with Gasteiger partial charge in [0.1, 0.15) is 140 Å². The second-order valence-corrected chi connectivity index (χ2v) is 24.7. The van der Waals surface area contributed by atoms with Gasteiger partial charge < -0.3 is 154 Å². The molecule has 4 saturated carbocycles. The molecule has 22 aliphatic heterocycles. The number of hydrogen-bond acceptors (Lipinski definition) is 31. The van der Waals surface area contributed by atoms with Crippen LogP contribution >= 0.6 is 0 Å². The van der Waals surface area contributed by atoms with Crippen LogP contribution in [0.4, 0.5) is 0 Å². The zero-order valence-corrected chi connectivity index (χ0v) is 46.9. The van der Waals surface area contributed by atoms with E-state index in [9.17, 15) is 96.4 Å². The van der Waals surface area contributed by atoms with Crippen molar-refractivity contribution >= 4 is 11.8 Å². The summed E-state index contributed by atoms with van der Waals surface area (Å²) in [6.45, 7) is -5.72. The molecule has 4 aliphatic carbocycles. The molecule has 0 aromatic rings. The predicted molar refractivity (Wildman–Crippen MR) is 274 cm³/mol. The summed E-state index contributed by atoms with van der Waals surface area (Å²) in [6.07, 6.45) is -49.7. The lowest BCUT2D eigenvalue weighted by Crippen LogP contribution is -2.70. The van der Waals surface area contributed by atoms with E-state index < -0.39 is 230 Å². The van der Waals surface area contributed by atoms with Crippen molar-refractivity contribution in [1.29, 1.82) is 0 Å². The smallest absolute Gasteiger partial charge is 0.226 e. The molecule has 26 rings (SSSR count). The van der Waals surface area contributed by atoms with Crippen LogP contribution in [0.3, 0.4) is 0 Å². The first-order valence-corrected chi connectivity index (χ1v) is 29.7. The van der Waals surface area contributed by atoms with E-state index in [2.05, 4.69) is 10.6 Å². The van der Waals surface area contributed by atoms with Crippen LogP contribution in [0.25, 0.3) is 0 Å². The number of nitrogens with one attached hydrogen (secondary N) is 2. The van der Waals surface area contributed by atoms with Crippen molar-refractivity contribution in [2.75, 3.05) is 46.2 Å². The standard InChI is InChI=1S/C53H86N2O31/c56-12-21-40-28(55-27(62)4-2-1-3-5-54-52(74)53-9-18-6-19(10-53)8-20(7-18)11-53)29(63)46(75-21)82-41-22(13-57)77-48(36(70)31(41)65)84-43-24(15-59)79-50(38(72)33(43)67)86-45-26(17-61)80-51(39(73)34(45)68)85-44-25(16-60)78-49(37(71)32(44)66)83-42-23(14-58)76-47(81-40)35(69)30(42)64/h18-26,28-51,56-61,63-73H,1-17H2,(H,54,74)(H,55,62)/t18?,19?,20?,21-,22-,23-,24-,25-,26-,28-,29-,30-,31-,32-,33-,34-,35-,36-,37-,38-,39-,40-,41-,42-,43-,44-,45-,46-,47-,48-,49-,50-,51-,53?/m1/s1. The maximum atomic E-state index is 13.9. The maximum Gasteiger partial charge on any atom is 0.226 e. The van der Waals surface area contributed by atoms with Gasteiger partial charge in [0.2, 0.25) is 11.8 Å². The molecule has 0 spiro atoms. The number of amides is 2.